The molecule has 0 radical (unpaired) electrons. The molecule has 0 spiro atoms. The SMILES string of the molecule is COc1ccc2c(c1)CCCN2C(=O)COC(=O)c1cc(F)ccc1C. The number of amides is 1. The van der Waals surface area contributed by atoms with Gasteiger partial charge in [-0.05, 0) is 61.2 Å². The normalized spacial score (nSPS) is 13.1. The minimum atomic E-state index is -0.706. The average Bonchev–Trinajstić information content (AvgIpc) is 2.66. The van der Waals surface area contributed by atoms with Crippen LogP contribution in [0.5, 0.6) is 5.75 Å². The van der Waals surface area contributed by atoms with E-state index in [-0.39, 0.29) is 18.1 Å². The number of methoxy groups -OCH3 is 1. The fourth-order valence-corrected chi connectivity index (χ4v) is 3.06. The molecule has 1 aliphatic heterocycles. The molecule has 2 aromatic rings. The van der Waals surface area contributed by atoms with Gasteiger partial charge in [-0.2, -0.15) is 0 Å². The molecular formula is C20H20FNO4. The third-order valence-electron chi connectivity index (χ3n) is 4.45. The van der Waals surface area contributed by atoms with Gasteiger partial charge < -0.3 is 14.4 Å². The summed E-state index contributed by atoms with van der Waals surface area (Å²) in [5.74, 6) is -0.792. The van der Waals surface area contributed by atoms with Crippen LogP contribution in [-0.2, 0) is 16.0 Å². The van der Waals surface area contributed by atoms with Crippen LogP contribution in [0.4, 0.5) is 10.1 Å². The van der Waals surface area contributed by atoms with Crippen molar-refractivity contribution < 1.29 is 23.5 Å². The molecule has 0 aromatic heterocycles. The summed E-state index contributed by atoms with van der Waals surface area (Å²) in [6, 6.07) is 9.44. The molecule has 5 nitrogen and oxygen atoms in total. The lowest BCUT2D eigenvalue weighted by molar-refractivity contribution is -0.121. The first-order chi connectivity index (χ1) is 12.5. The fourth-order valence-electron chi connectivity index (χ4n) is 3.06. The molecule has 6 heteroatoms. The zero-order valence-corrected chi connectivity index (χ0v) is 14.8. The number of hydrogen-bond donors (Lipinski definition) is 0. The van der Waals surface area contributed by atoms with Gasteiger partial charge in [-0.1, -0.05) is 6.07 Å². The Labute approximate surface area is 151 Å². The molecule has 0 N–H and O–H groups in total. The second-order valence-electron chi connectivity index (χ2n) is 6.18. The van der Waals surface area contributed by atoms with E-state index in [0.717, 1.165) is 35.9 Å². The topological polar surface area (TPSA) is 55.8 Å². The van der Waals surface area contributed by atoms with Crippen LogP contribution < -0.4 is 9.64 Å². The van der Waals surface area contributed by atoms with Gasteiger partial charge in [0, 0.05) is 12.2 Å². The molecule has 1 heterocycles. The summed E-state index contributed by atoms with van der Waals surface area (Å²) in [5.41, 5.74) is 2.55. The van der Waals surface area contributed by atoms with Crippen molar-refractivity contribution in [1.82, 2.24) is 0 Å². The van der Waals surface area contributed by atoms with Gasteiger partial charge >= 0.3 is 5.97 Å². The Morgan fingerprint density at radius 1 is 1.19 bits per heavy atom. The second kappa shape index (κ2) is 7.56. The predicted molar refractivity (Wildman–Crippen MR) is 95.1 cm³/mol. The molecule has 0 atom stereocenters. The molecule has 0 saturated carbocycles. The molecule has 0 saturated heterocycles. The predicted octanol–water partition coefficient (Wildman–Crippen LogP) is 3.28. The van der Waals surface area contributed by atoms with Gasteiger partial charge in [-0.25, -0.2) is 9.18 Å². The van der Waals surface area contributed by atoms with Gasteiger partial charge in [0.15, 0.2) is 6.61 Å². The van der Waals surface area contributed by atoms with Crippen LogP contribution in [0.25, 0.3) is 0 Å². The Kier molecular flexibility index (Phi) is 5.21. The minimum absolute atomic E-state index is 0.126. The van der Waals surface area contributed by atoms with Crippen molar-refractivity contribution in [1.29, 1.82) is 0 Å². The van der Waals surface area contributed by atoms with E-state index in [2.05, 4.69) is 0 Å². The number of hydrogen-bond acceptors (Lipinski definition) is 4. The summed E-state index contributed by atoms with van der Waals surface area (Å²) >= 11 is 0. The minimum Gasteiger partial charge on any atom is -0.497 e. The molecule has 26 heavy (non-hydrogen) atoms. The van der Waals surface area contributed by atoms with E-state index >= 15 is 0 Å². The number of nitrogens with zero attached hydrogens (tertiary/aromatic N) is 1. The third kappa shape index (κ3) is 3.69. The van der Waals surface area contributed by atoms with Crippen molar-refractivity contribution in [3.05, 3.63) is 58.9 Å². The van der Waals surface area contributed by atoms with Crippen molar-refractivity contribution in [2.24, 2.45) is 0 Å². The lowest BCUT2D eigenvalue weighted by Gasteiger charge is -2.29. The van der Waals surface area contributed by atoms with E-state index < -0.39 is 11.8 Å². The maximum Gasteiger partial charge on any atom is 0.339 e. The molecule has 0 aliphatic carbocycles. The Morgan fingerprint density at radius 3 is 2.77 bits per heavy atom. The molecular weight excluding hydrogens is 337 g/mol. The molecule has 3 rings (SSSR count). The van der Waals surface area contributed by atoms with Crippen LogP contribution in [-0.4, -0.2) is 32.1 Å². The number of benzene rings is 2. The number of anilines is 1. The number of fused-ring (bicyclic) bond motifs is 1. The Bertz CT molecular complexity index is 850. The van der Waals surface area contributed by atoms with Crippen LogP contribution >= 0.6 is 0 Å². The van der Waals surface area contributed by atoms with E-state index in [1.54, 1.807) is 25.0 Å². The molecule has 1 amide bonds. The molecule has 2 aromatic carbocycles. The van der Waals surface area contributed by atoms with Gasteiger partial charge in [-0.3, -0.25) is 4.79 Å². The lowest BCUT2D eigenvalue weighted by Crippen LogP contribution is -2.38. The van der Waals surface area contributed by atoms with Gasteiger partial charge in [0.25, 0.3) is 5.91 Å². The Morgan fingerprint density at radius 2 is 2.00 bits per heavy atom. The molecule has 0 bridgehead atoms. The summed E-state index contributed by atoms with van der Waals surface area (Å²) in [5, 5.41) is 0. The number of halogens is 1. The van der Waals surface area contributed by atoms with Crippen molar-refractivity contribution in [3.63, 3.8) is 0 Å². The van der Waals surface area contributed by atoms with Crippen LogP contribution in [0.1, 0.15) is 27.9 Å². The van der Waals surface area contributed by atoms with E-state index in [0.29, 0.717) is 12.1 Å². The number of esters is 1. The first-order valence-electron chi connectivity index (χ1n) is 8.40. The molecule has 136 valence electrons. The van der Waals surface area contributed by atoms with E-state index in [1.807, 2.05) is 12.1 Å². The lowest BCUT2D eigenvalue weighted by atomic mass is 10.0. The summed E-state index contributed by atoms with van der Waals surface area (Å²) < 4.78 is 23.7. The van der Waals surface area contributed by atoms with E-state index in [4.69, 9.17) is 9.47 Å². The molecule has 0 fully saturated rings. The molecule has 1 aliphatic rings. The Hall–Kier alpha value is -2.89. The number of aryl methyl sites for hydroxylation is 2. The van der Waals surface area contributed by atoms with Crippen LogP contribution in [0, 0.1) is 12.7 Å². The maximum atomic E-state index is 13.3. The standard InChI is InChI=1S/C20H20FNO4/c1-13-5-6-15(21)11-17(13)20(24)26-12-19(23)22-9-3-4-14-10-16(25-2)7-8-18(14)22/h5-8,10-11H,3-4,9,12H2,1-2H3. The zero-order chi connectivity index (χ0) is 18.7. The van der Waals surface area contributed by atoms with Gasteiger partial charge in [-0.15, -0.1) is 0 Å². The van der Waals surface area contributed by atoms with Gasteiger partial charge in [0.1, 0.15) is 11.6 Å². The van der Waals surface area contributed by atoms with E-state index in [9.17, 15) is 14.0 Å². The van der Waals surface area contributed by atoms with Gasteiger partial charge in [0.05, 0.1) is 12.7 Å². The van der Waals surface area contributed by atoms with Crippen molar-refractivity contribution in [2.45, 2.75) is 19.8 Å². The first-order valence-corrected chi connectivity index (χ1v) is 8.40. The monoisotopic (exact) mass is 357 g/mol. The van der Waals surface area contributed by atoms with E-state index in [1.165, 1.54) is 12.1 Å². The highest BCUT2D eigenvalue weighted by molar-refractivity contribution is 5.98. The van der Waals surface area contributed by atoms with Crippen LogP contribution in [0.15, 0.2) is 36.4 Å². The highest BCUT2D eigenvalue weighted by atomic mass is 19.1. The maximum absolute atomic E-state index is 13.3. The van der Waals surface area contributed by atoms with Gasteiger partial charge in [0.2, 0.25) is 0 Å². The highest BCUT2D eigenvalue weighted by Gasteiger charge is 2.24. The fraction of sp³-hybridized carbons (Fsp3) is 0.300. The first kappa shape index (κ1) is 17.9. The zero-order valence-electron chi connectivity index (χ0n) is 14.8. The summed E-state index contributed by atoms with van der Waals surface area (Å²) in [6.07, 6.45) is 1.68. The van der Waals surface area contributed by atoms with Crippen LogP contribution in [0.2, 0.25) is 0 Å². The summed E-state index contributed by atoms with van der Waals surface area (Å²) in [6.45, 7) is 1.86. The number of carbonyl (C=O) groups excluding carboxylic acids is 2. The number of carbonyl (C=O) groups is 2. The largest absolute Gasteiger partial charge is 0.497 e. The molecule has 0 unspecified atom stereocenters. The summed E-state index contributed by atoms with van der Waals surface area (Å²) in [4.78, 5) is 26.3. The second-order valence-corrected chi connectivity index (χ2v) is 6.18. The Balaban J connectivity index is 1.70. The quantitative estimate of drug-likeness (QED) is 0.788. The van der Waals surface area contributed by atoms with Crippen molar-refractivity contribution >= 4 is 17.6 Å². The van der Waals surface area contributed by atoms with Crippen molar-refractivity contribution in [3.8, 4) is 5.75 Å². The highest BCUT2D eigenvalue weighted by Crippen LogP contribution is 2.30. The number of rotatable bonds is 4. The van der Waals surface area contributed by atoms with Crippen molar-refractivity contribution in [2.75, 3.05) is 25.2 Å². The average molecular weight is 357 g/mol. The summed E-state index contributed by atoms with van der Waals surface area (Å²) in [7, 11) is 1.60. The number of ether oxygens (including phenoxy) is 2. The smallest absolute Gasteiger partial charge is 0.339 e. The third-order valence-corrected chi connectivity index (χ3v) is 4.45. The van der Waals surface area contributed by atoms with Crippen LogP contribution in [0.3, 0.4) is 0 Å².